The molecule has 0 N–H and O–H groups in total. The van der Waals surface area contributed by atoms with Crippen LogP contribution in [0.15, 0.2) is 18.2 Å². The summed E-state index contributed by atoms with van der Waals surface area (Å²) in [6.07, 6.45) is 2.60. The minimum atomic E-state index is -0.810. The van der Waals surface area contributed by atoms with E-state index in [4.69, 9.17) is 16.9 Å². The third-order valence-electron chi connectivity index (χ3n) is 4.15. The second-order valence-electron chi connectivity index (χ2n) is 5.65. The molecular weight excluding hydrogens is 340 g/mol. The van der Waals surface area contributed by atoms with Gasteiger partial charge in [-0.1, -0.05) is 17.7 Å². The Morgan fingerprint density at radius 1 is 1.30 bits per heavy atom. The highest BCUT2D eigenvalue weighted by Gasteiger charge is 2.24. The fraction of sp³-hybridized carbons (Fsp3) is 0.375. The van der Waals surface area contributed by atoms with Gasteiger partial charge in [0.1, 0.15) is 16.6 Å². The summed E-state index contributed by atoms with van der Waals surface area (Å²) in [5, 5.41) is 10.2. The minimum Gasteiger partial charge on any atom is -0.361 e. The zero-order chi connectivity index (χ0) is 16.4. The lowest BCUT2D eigenvalue weighted by atomic mass is 9.90. The molecule has 0 amide bonds. The predicted molar refractivity (Wildman–Crippen MR) is 86.8 cm³/mol. The number of benzene rings is 1. The summed E-state index contributed by atoms with van der Waals surface area (Å²) in [6.45, 7) is 1.61. The number of nitriles is 1. The molecule has 1 saturated heterocycles. The van der Waals surface area contributed by atoms with Crippen LogP contribution < -0.4 is 4.90 Å². The Labute approximate surface area is 142 Å². The van der Waals surface area contributed by atoms with Crippen molar-refractivity contribution in [2.24, 2.45) is 5.92 Å². The summed E-state index contributed by atoms with van der Waals surface area (Å²) >= 11 is 7.16. The summed E-state index contributed by atoms with van der Waals surface area (Å²) in [5.74, 6) is -1.18. The van der Waals surface area contributed by atoms with Gasteiger partial charge in [-0.15, -0.1) is 0 Å². The minimum absolute atomic E-state index is 0.261. The first-order valence-electron chi connectivity index (χ1n) is 7.32. The molecule has 1 aliphatic rings. The number of nitrogens with zero attached hydrogens (tertiary/aromatic N) is 3. The van der Waals surface area contributed by atoms with Crippen LogP contribution in [-0.4, -0.2) is 17.5 Å². The molecule has 1 aliphatic heterocycles. The molecule has 0 atom stereocenters. The summed E-state index contributed by atoms with van der Waals surface area (Å²) < 4.78 is 30.3. The van der Waals surface area contributed by atoms with E-state index in [2.05, 4.69) is 15.3 Å². The highest BCUT2D eigenvalue weighted by atomic mass is 35.5. The number of anilines is 1. The fourth-order valence-electron chi connectivity index (χ4n) is 2.91. The molecule has 0 spiro atoms. The molecule has 1 aromatic heterocycles. The lowest BCUT2D eigenvalue weighted by molar-refractivity contribution is 0.403. The van der Waals surface area contributed by atoms with Crippen molar-refractivity contribution in [3.8, 4) is 6.07 Å². The SMILES string of the molecule is N#Cc1c(Cl)nsc1N1CCC(Cc2ccc(F)c(F)c2)CC1. The average Bonchev–Trinajstić information content (AvgIpc) is 2.92. The van der Waals surface area contributed by atoms with Crippen LogP contribution in [0.25, 0.3) is 0 Å². The molecule has 0 aliphatic carbocycles. The van der Waals surface area contributed by atoms with Crippen molar-refractivity contribution >= 4 is 28.1 Å². The standard InChI is InChI=1S/C16H14ClF2N3S/c17-15-12(9-20)16(23-21-15)22-5-3-10(4-6-22)7-11-1-2-13(18)14(19)8-11/h1-2,8,10H,3-7H2. The van der Waals surface area contributed by atoms with Crippen LogP contribution in [0.5, 0.6) is 0 Å². The van der Waals surface area contributed by atoms with Gasteiger partial charge in [0.25, 0.3) is 0 Å². The Kier molecular flexibility index (Phi) is 4.79. The summed E-state index contributed by atoms with van der Waals surface area (Å²) in [7, 11) is 0. The number of hydrogen-bond donors (Lipinski definition) is 0. The number of aromatic nitrogens is 1. The van der Waals surface area contributed by atoms with E-state index in [0.29, 0.717) is 11.5 Å². The van der Waals surface area contributed by atoms with Crippen LogP contribution in [0.1, 0.15) is 24.0 Å². The van der Waals surface area contributed by atoms with E-state index in [0.717, 1.165) is 42.9 Å². The normalized spacial score (nSPS) is 15.7. The van der Waals surface area contributed by atoms with Crippen LogP contribution >= 0.6 is 23.1 Å². The second kappa shape index (κ2) is 6.81. The van der Waals surface area contributed by atoms with E-state index >= 15 is 0 Å². The van der Waals surface area contributed by atoms with Gasteiger partial charge in [-0.3, -0.25) is 0 Å². The van der Waals surface area contributed by atoms with Crippen molar-refractivity contribution in [3.63, 3.8) is 0 Å². The van der Waals surface area contributed by atoms with Gasteiger partial charge in [0.05, 0.1) is 0 Å². The number of rotatable bonds is 3. The molecule has 2 heterocycles. The molecule has 1 aromatic carbocycles. The zero-order valence-electron chi connectivity index (χ0n) is 12.2. The fourth-order valence-corrected chi connectivity index (χ4v) is 3.99. The van der Waals surface area contributed by atoms with E-state index in [1.54, 1.807) is 6.07 Å². The third kappa shape index (κ3) is 3.46. The second-order valence-corrected chi connectivity index (χ2v) is 6.76. The Morgan fingerprint density at radius 2 is 2.04 bits per heavy atom. The topological polar surface area (TPSA) is 39.9 Å². The van der Waals surface area contributed by atoms with Gasteiger partial charge in [0, 0.05) is 13.1 Å². The average molecular weight is 354 g/mol. The maximum absolute atomic E-state index is 13.3. The highest BCUT2D eigenvalue weighted by molar-refractivity contribution is 7.10. The Balaban J connectivity index is 1.62. The predicted octanol–water partition coefficient (Wildman–Crippen LogP) is 4.41. The molecule has 2 aromatic rings. The molecule has 0 unspecified atom stereocenters. The first-order valence-corrected chi connectivity index (χ1v) is 8.47. The molecule has 7 heteroatoms. The van der Waals surface area contributed by atoms with Crippen molar-refractivity contribution < 1.29 is 8.78 Å². The van der Waals surface area contributed by atoms with Gasteiger partial charge in [0.15, 0.2) is 16.8 Å². The van der Waals surface area contributed by atoms with E-state index < -0.39 is 11.6 Å². The molecule has 3 rings (SSSR count). The van der Waals surface area contributed by atoms with Crippen molar-refractivity contribution in [3.05, 3.63) is 46.1 Å². The summed E-state index contributed by atoms with van der Waals surface area (Å²) in [6, 6.07) is 6.20. The van der Waals surface area contributed by atoms with Crippen molar-refractivity contribution in [2.45, 2.75) is 19.3 Å². The maximum atomic E-state index is 13.3. The number of hydrogen-bond acceptors (Lipinski definition) is 4. The van der Waals surface area contributed by atoms with Crippen LogP contribution in [0.4, 0.5) is 13.8 Å². The molecule has 3 nitrogen and oxygen atoms in total. The Bertz CT molecular complexity index is 748. The maximum Gasteiger partial charge on any atom is 0.162 e. The largest absolute Gasteiger partial charge is 0.361 e. The summed E-state index contributed by atoms with van der Waals surface area (Å²) in [5.41, 5.74) is 1.26. The van der Waals surface area contributed by atoms with Gasteiger partial charge < -0.3 is 4.90 Å². The first kappa shape index (κ1) is 16.2. The van der Waals surface area contributed by atoms with E-state index in [1.165, 1.54) is 23.7 Å². The van der Waals surface area contributed by atoms with E-state index in [1.807, 2.05) is 0 Å². The van der Waals surface area contributed by atoms with Crippen LogP contribution in [0.2, 0.25) is 5.15 Å². The van der Waals surface area contributed by atoms with Crippen LogP contribution in [0.3, 0.4) is 0 Å². The monoisotopic (exact) mass is 353 g/mol. The molecule has 0 bridgehead atoms. The van der Waals surface area contributed by atoms with Gasteiger partial charge in [0.2, 0.25) is 0 Å². The number of piperidine rings is 1. The van der Waals surface area contributed by atoms with Crippen molar-refractivity contribution in [2.75, 3.05) is 18.0 Å². The molecule has 120 valence electrons. The molecule has 1 fully saturated rings. The van der Waals surface area contributed by atoms with Gasteiger partial charge >= 0.3 is 0 Å². The van der Waals surface area contributed by atoms with Gasteiger partial charge in [-0.2, -0.15) is 9.64 Å². The quantitative estimate of drug-likeness (QED) is 0.820. The highest BCUT2D eigenvalue weighted by Crippen LogP contribution is 2.34. The van der Waals surface area contributed by atoms with Gasteiger partial charge in [-0.05, 0) is 54.4 Å². The van der Waals surface area contributed by atoms with Crippen LogP contribution in [-0.2, 0) is 6.42 Å². The lowest BCUT2D eigenvalue weighted by Gasteiger charge is -2.32. The first-order chi connectivity index (χ1) is 11.1. The summed E-state index contributed by atoms with van der Waals surface area (Å²) in [4.78, 5) is 2.13. The molecular formula is C16H14ClF2N3S. The smallest absolute Gasteiger partial charge is 0.162 e. The van der Waals surface area contributed by atoms with E-state index in [-0.39, 0.29) is 5.15 Å². The Hall–Kier alpha value is -1.71. The Morgan fingerprint density at radius 3 is 2.70 bits per heavy atom. The zero-order valence-corrected chi connectivity index (χ0v) is 13.8. The molecule has 0 saturated carbocycles. The molecule has 0 radical (unpaired) electrons. The molecule has 23 heavy (non-hydrogen) atoms. The van der Waals surface area contributed by atoms with Gasteiger partial charge in [-0.25, -0.2) is 8.78 Å². The van der Waals surface area contributed by atoms with Crippen LogP contribution in [0, 0.1) is 28.9 Å². The number of halogens is 3. The van der Waals surface area contributed by atoms with Crippen molar-refractivity contribution in [1.29, 1.82) is 5.26 Å². The third-order valence-corrected chi connectivity index (χ3v) is 5.44. The van der Waals surface area contributed by atoms with E-state index in [9.17, 15) is 8.78 Å². The lowest BCUT2D eigenvalue weighted by Crippen LogP contribution is -2.34. The van der Waals surface area contributed by atoms with Crippen molar-refractivity contribution in [1.82, 2.24) is 4.37 Å².